The van der Waals surface area contributed by atoms with Gasteiger partial charge in [-0.05, 0) is 19.1 Å². The van der Waals surface area contributed by atoms with E-state index >= 15 is 0 Å². The van der Waals surface area contributed by atoms with Crippen molar-refractivity contribution in [1.82, 2.24) is 14.9 Å². The van der Waals surface area contributed by atoms with Gasteiger partial charge in [-0.1, -0.05) is 17.7 Å². The van der Waals surface area contributed by atoms with Crippen LogP contribution in [0.25, 0.3) is 0 Å². The van der Waals surface area contributed by atoms with Crippen LogP contribution in [-0.4, -0.2) is 27.8 Å². The third kappa shape index (κ3) is 3.05. The van der Waals surface area contributed by atoms with E-state index in [1.54, 1.807) is 41.5 Å². The summed E-state index contributed by atoms with van der Waals surface area (Å²) >= 11 is 7.34. The van der Waals surface area contributed by atoms with Crippen LogP contribution in [0, 0.1) is 6.92 Å². The molecule has 2 aromatic rings. The first kappa shape index (κ1) is 13.0. The molecule has 0 bridgehead atoms. The third-order valence-corrected chi connectivity index (χ3v) is 3.38. The molecule has 0 aromatic carbocycles. The summed E-state index contributed by atoms with van der Waals surface area (Å²) in [5.41, 5.74) is 1.23. The van der Waals surface area contributed by atoms with Crippen molar-refractivity contribution in [2.24, 2.45) is 0 Å². The summed E-state index contributed by atoms with van der Waals surface area (Å²) < 4.78 is 0. The molecule has 2 rings (SSSR count). The average Bonchev–Trinajstić information content (AvgIpc) is 2.73. The van der Waals surface area contributed by atoms with Crippen molar-refractivity contribution in [2.45, 2.75) is 13.5 Å². The predicted molar refractivity (Wildman–Crippen MR) is 71.9 cm³/mol. The molecule has 2 heterocycles. The Morgan fingerprint density at radius 1 is 1.44 bits per heavy atom. The van der Waals surface area contributed by atoms with E-state index in [2.05, 4.69) is 9.97 Å². The Balaban J connectivity index is 2.09. The Morgan fingerprint density at radius 2 is 2.22 bits per heavy atom. The summed E-state index contributed by atoms with van der Waals surface area (Å²) in [5.74, 6) is -0.164. The standard InChI is InChI=1S/C12H12ClN3OS/c1-8-14-9(7-18-8)6-16(2)12(17)10-4-3-5-11(13)15-10/h3-5,7H,6H2,1-2H3. The highest BCUT2D eigenvalue weighted by molar-refractivity contribution is 7.09. The van der Waals surface area contributed by atoms with Crippen molar-refractivity contribution in [1.29, 1.82) is 0 Å². The highest BCUT2D eigenvalue weighted by atomic mass is 35.5. The zero-order chi connectivity index (χ0) is 13.1. The van der Waals surface area contributed by atoms with Gasteiger partial charge in [-0.3, -0.25) is 4.79 Å². The molecular weight excluding hydrogens is 270 g/mol. The Labute approximate surface area is 114 Å². The van der Waals surface area contributed by atoms with Gasteiger partial charge in [0.2, 0.25) is 0 Å². The summed E-state index contributed by atoms with van der Waals surface area (Å²) in [4.78, 5) is 22.0. The number of thiazole rings is 1. The summed E-state index contributed by atoms with van der Waals surface area (Å²) in [5, 5.41) is 3.26. The Morgan fingerprint density at radius 3 is 2.83 bits per heavy atom. The Hall–Kier alpha value is -1.46. The van der Waals surface area contributed by atoms with E-state index in [-0.39, 0.29) is 5.91 Å². The van der Waals surface area contributed by atoms with Gasteiger partial charge in [-0.15, -0.1) is 11.3 Å². The number of carbonyl (C=O) groups is 1. The van der Waals surface area contributed by atoms with Crippen molar-refractivity contribution in [2.75, 3.05) is 7.05 Å². The Bertz CT molecular complexity index is 570. The fourth-order valence-corrected chi connectivity index (χ4v) is 2.29. The smallest absolute Gasteiger partial charge is 0.272 e. The quantitative estimate of drug-likeness (QED) is 0.813. The van der Waals surface area contributed by atoms with Gasteiger partial charge in [-0.25, -0.2) is 9.97 Å². The van der Waals surface area contributed by atoms with E-state index < -0.39 is 0 Å². The maximum absolute atomic E-state index is 12.1. The van der Waals surface area contributed by atoms with Gasteiger partial charge in [0.1, 0.15) is 10.8 Å². The highest BCUT2D eigenvalue weighted by Crippen LogP contribution is 2.12. The summed E-state index contributed by atoms with van der Waals surface area (Å²) in [6, 6.07) is 5.00. The number of aryl methyl sites for hydroxylation is 1. The molecule has 0 radical (unpaired) electrons. The molecule has 0 aliphatic carbocycles. The first-order chi connectivity index (χ1) is 8.56. The Kier molecular flexibility index (Phi) is 3.93. The second kappa shape index (κ2) is 5.46. The van der Waals surface area contributed by atoms with Gasteiger partial charge < -0.3 is 4.90 Å². The molecule has 0 spiro atoms. The summed E-state index contributed by atoms with van der Waals surface area (Å²) in [7, 11) is 1.72. The van der Waals surface area contributed by atoms with E-state index in [0.29, 0.717) is 17.4 Å². The van der Waals surface area contributed by atoms with Crippen molar-refractivity contribution >= 4 is 28.8 Å². The molecule has 0 unspecified atom stereocenters. The fourth-order valence-electron chi connectivity index (χ4n) is 1.52. The second-order valence-corrected chi connectivity index (χ2v) is 5.31. The molecule has 94 valence electrons. The molecule has 18 heavy (non-hydrogen) atoms. The molecule has 0 fully saturated rings. The molecule has 2 aromatic heterocycles. The van der Waals surface area contributed by atoms with Crippen molar-refractivity contribution in [3.63, 3.8) is 0 Å². The first-order valence-corrected chi connectivity index (χ1v) is 6.61. The van der Waals surface area contributed by atoms with Gasteiger partial charge in [0.15, 0.2) is 0 Å². The number of hydrogen-bond acceptors (Lipinski definition) is 4. The molecule has 0 aliphatic rings. The number of nitrogens with zero attached hydrogens (tertiary/aromatic N) is 3. The maximum Gasteiger partial charge on any atom is 0.272 e. The maximum atomic E-state index is 12.1. The van der Waals surface area contributed by atoms with Crippen LogP contribution in [-0.2, 0) is 6.54 Å². The van der Waals surface area contributed by atoms with E-state index in [9.17, 15) is 4.79 Å². The number of halogens is 1. The van der Waals surface area contributed by atoms with Gasteiger partial charge >= 0.3 is 0 Å². The fraction of sp³-hybridized carbons (Fsp3) is 0.250. The van der Waals surface area contributed by atoms with Crippen LogP contribution in [0.2, 0.25) is 5.15 Å². The summed E-state index contributed by atoms with van der Waals surface area (Å²) in [6.07, 6.45) is 0. The summed E-state index contributed by atoms with van der Waals surface area (Å²) in [6.45, 7) is 2.41. The van der Waals surface area contributed by atoms with E-state index in [1.807, 2.05) is 12.3 Å². The normalized spacial score (nSPS) is 10.4. The van der Waals surface area contributed by atoms with Gasteiger partial charge in [0.05, 0.1) is 17.2 Å². The number of pyridine rings is 1. The number of hydrogen-bond donors (Lipinski definition) is 0. The minimum absolute atomic E-state index is 0.164. The highest BCUT2D eigenvalue weighted by Gasteiger charge is 2.14. The topological polar surface area (TPSA) is 46.1 Å². The minimum Gasteiger partial charge on any atom is -0.334 e. The van der Waals surface area contributed by atoms with Crippen LogP contribution >= 0.6 is 22.9 Å². The molecule has 0 N–H and O–H groups in total. The molecule has 4 nitrogen and oxygen atoms in total. The van der Waals surface area contributed by atoms with E-state index in [4.69, 9.17) is 11.6 Å². The minimum atomic E-state index is -0.164. The lowest BCUT2D eigenvalue weighted by Gasteiger charge is -2.15. The molecule has 0 saturated carbocycles. The largest absolute Gasteiger partial charge is 0.334 e. The zero-order valence-corrected chi connectivity index (χ0v) is 11.6. The predicted octanol–water partition coefficient (Wildman–Crippen LogP) is 2.77. The zero-order valence-electron chi connectivity index (χ0n) is 10.1. The van der Waals surface area contributed by atoms with Gasteiger partial charge in [-0.2, -0.15) is 0 Å². The third-order valence-electron chi connectivity index (χ3n) is 2.35. The number of amides is 1. The number of aromatic nitrogens is 2. The van der Waals surface area contributed by atoms with Crippen molar-refractivity contribution in [3.05, 3.63) is 45.1 Å². The molecule has 6 heteroatoms. The monoisotopic (exact) mass is 281 g/mol. The molecule has 1 amide bonds. The van der Waals surface area contributed by atoms with E-state index in [0.717, 1.165) is 10.7 Å². The van der Waals surface area contributed by atoms with Crippen LogP contribution in [0.15, 0.2) is 23.6 Å². The number of carbonyl (C=O) groups excluding carboxylic acids is 1. The van der Waals surface area contributed by atoms with Crippen molar-refractivity contribution < 1.29 is 4.79 Å². The van der Waals surface area contributed by atoms with Gasteiger partial charge in [0.25, 0.3) is 5.91 Å². The van der Waals surface area contributed by atoms with Crippen LogP contribution in [0.1, 0.15) is 21.2 Å². The first-order valence-electron chi connectivity index (χ1n) is 5.35. The molecule has 0 saturated heterocycles. The van der Waals surface area contributed by atoms with Crippen LogP contribution in [0.3, 0.4) is 0 Å². The van der Waals surface area contributed by atoms with Crippen molar-refractivity contribution in [3.8, 4) is 0 Å². The van der Waals surface area contributed by atoms with Crippen LogP contribution in [0.4, 0.5) is 0 Å². The molecule has 0 aliphatic heterocycles. The molecular formula is C12H12ClN3OS. The average molecular weight is 282 g/mol. The molecule has 0 atom stereocenters. The lowest BCUT2D eigenvalue weighted by atomic mass is 10.3. The second-order valence-electron chi connectivity index (χ2n) is 3.86. The lowest BCUT2D eigenvalue weighted by Crippen LogP contribution is -2.27. The van der Waals surface area contributed by atoms with Gasteiger partial charge in [0, 0.05) is 12.4 Å². The van der Waals surface area contributed by atoms with Crippen LogP contribution < -0.4 is 0 Å². The van der Waals surface area contributed by atoms with Crippen LogP contribution in [0.5, 0.6) is 0 Å². The van der Waals surface area contributed by atoms with E-state index in [1.165, 1.54) is 0 Å². The lowest BCUT2D eigenvalue weighted by molar-refractivity contribution is 0.0778. The SMILES string of the molecule is Cc1nc(CN(C)C(=O)c2cccc(Cl)n2)cs1. The number of rotatable bonds is 3.